The molecule has 0 bridgehead atoms. The molecule has 17 heavy (non-hydrogen) atoms. The first-order chi connectivity index (χ1) is 8.31. The van der Waals surface area contributed by atoms with E-state index in [9.17, 15) is 4.39 Å². The number of piperidine rings is 1. The van der Waals surface area contributed by atoms with Crippen LogP contribution in [-0.2, 0) is 0 Å². The van der Waals surface area contributed by atoms with Crippen LogP contribution in [0.1, 0.15) is 24.3 Å². The van der Waals surface area contributed by atoms with Gasteiger partial charge in [0.05, 0.1) is 0 Å². The fourth-order valence-electron chi connectivity index (χ4n) is 2.71. The molecule has 1 aromatic rings. The van der Waals surface area contributed by atoms with Crippen LogP contribution < -0.4 is 10.6 Å². The maximum Gasteiger partial charge on any atom is 0.123 e. The highest BCUT2D eigenvalue weighted by atomic mass is 19.1. The van der Waals surface area contributed by atoms with E-state index in [1.165, 1.54) is 18.4 Å². The normalized spacial score (nSPS) is 22.4. The molecule has 0 amide bonds. The van der Waals surface area contributed by atoms with Crippen molar-refractivity contribution in [2.45, 2.75) is 18.8 Å². The van der Waals surface area contributed by atoms with Crippen LogP contribution in [0, 0.1) is 11.7 Å². The third kappa shape index (κ3) is 3.27. The number of nitrogens with one attached hydrogen (secondary N) is 2. The molecule has 1 heterocycles. The summed E-state index contributed by atoms with van der Waals surface area (Å²) in [6.07, 6.45) is 2.50. The summed E-state index contributed by atoms with van der Waals surface area (Å²) in [5, 5.41) is 6.71. The summed E-state index contributed by atoms with van der Waals surface area (Å²) in [6, 6.07) is 6.97. The first-order valence-electron chi connectivity index (χ1n) is 6.42. The predicted molar refractivity (Wildman–Crippen MR) is 68.7 cm³/mol. The van der Waals surface area contributed by atoms with E-state index in [2.05, 4.69) is 10.6 Å². The SMILES string of the molecule is CNCC(c1ccc(F)cc1)C1CCCNC1. The van der Waals surface area contributed by atoms with Crippen molar-refractivity contribution in [3.8, 4) is 0 Å². The molecule has 1 saturated heterocycles. The van der Waals surface area contributed by atoms with Gasteiger partial charge >= 0.3 is 0 Å². The molecule has 0 spiro atoms. The smallest absolute Gasteiger partial charge is 0.123 e. The highest BCUT2D eigenvalue weighted by molar-refractivity contribution is 5.22. The van der Waals surface area contributed by atoms with Gasteiger partial charge in [-0.15, -0.1) is 0 Å². The maximum absolute atomic E-state index is 13.0. The molecule has 0 radical (unpaired) electrons. The number of benzene rings is 1. The summed E-state index contributed by atoms with van der Waals surface area (Å²) in [7, 11) is 1.98. The van der Waals surface area contributed by atoms with E-state index in [0.29, 0.717) is 11.8 Å². The Balaban J connectivity index is 2.12. The van der Waals surface area contributed by atoms with E-state index >= 15 is 0 Å². The second-order valence-electron chi connectivity index (χ2n) is 4.82. The maximum atomic E-state index is 13.0. The Kier molecular flexibility index (Phi) is 4.51. The second-order valence-corrected chi connectivity index (χ2v) is 4.82. The lowest BCUT2D eigenvalue weighted by Gasteiger charge is -2.31. The standard InChI is InChI=1S/C14H21FN2/c1-16-10-14(12-3-2-8-17-9-12)11-4-6-13(15)7-5-11/h4-7,12,14,16-17H,2-3,8-10H2,1H3. The number of hydrogen-bond donors (Lipinski definition) is 2. The van der Waals surface area contributed by atoms with Gasteiger partial charge in [-0.25, -0.2) is 4.39 Å². The van der Waals surface area contributed by atoms with Gasteiger partial charge in [0, 0.05) is 12.5 Å². The Morgan fingerprint density at radius 1 is 1.41 bits per heavy atom. The van der Waals surface area contributed by atoms with Crippen LogP contribution in [0.2, 0.25) is 0 Å². The van der Waals surface area contributed by atoms with Crippen molar-refractivity contribution in [3.05, 3.63) is 35.6 Å². The molecule has 1 aliphatic rings. The average molecular weight is 236 g/mol. The van der Waals surface area contributed by atoms with Gasteiger partial charge < -0.3 is 10.6 Å². The fourth-order valence-corrected chi connectivity index (χ4v) is 2.71. The van der Waals surface area contributed by atoms with Crippen LogP contribution >= 0.6 is 0 Å². The minimum Gasteiger partial charge on any atom is -0.319 e. The highest BCUT2D eigenvalue weighted by Crippen LogP contribution is 2.29. The number of halogens is 1. The van der Waals surface area contributed by atoms with Crippen LogP contribution in [-0.4, -0.2) is 26.7 Å². The average Bonchev–Trinajstić information content (AvgIpc) is 2.38. The molecule has 0 saturated carbocycles. The van der Waals surface area contributed by atoms with E-state index in [1.807, 2.05) is 19.2 Å². The summed E-state index contributed by atoms with van der Waals surface area (Å²) in [6.45, 7) is 3.16. The molecule has 0 aromatic heterocycles. The molecule has 2 unspecified atom stereocenters. The molecule has 0 aliphatic carbocycles. The van der Waals surface area contributed by atoms with Crippen molar-refractivity contribution in [3.63, 3.8) is 0 Å². The van der Waals surface area contributed by atoms with Crippen molar-refractivity contribution < 1.29 is 4.39 Å². The lowest BCUT2D eigenvalue weighted by Crippen LogP contribution is -2.36. The minimum absolute atomic E-state index is 0.154. The predicted octanol–water partition coefficient (Wildman–Crippen LogP) is 2.13. The Morgan fingerprint density at radius 2 is 2.18 bits per heavy atom. The summed E-state index contributed by atoms with van der Waals surface area (Å²) >= 11 is 0. The quantitative estimate of drug-likeness (QED) is 0.837. The minimum atomic E-state index is -0.154. The topological polar surface area (TPSA) is 24.1 Å². The zero-order chi connectivity index (χ0) is 12.1. The summed E-state index contributed by atoms with van der Waals surface area (Å²) in [5.74, 6) is 0.980. The van der Waals surface area contributed by atoms with Gasteiger partial charge in [-0.3, -0.25) is 0 Å². The van der Waals surface area contributed by atoms with Gasteiger partial charge in [-0.2, -0.15) is 0 Å². The third-order valence-electron chi connectivity index (χ3n) is 3.63. The molecule has 2 rings (SSSR count). The van der Waals surface area contributed by atoms with E-state index in [4.69, 9.17) is 0 Å². The summed E-state index contributed by atoms with van der Waals surface area (Å²) in [4.78, 5) is 0. The van der Waals surface area contributed by atoms with Gasteiger partial charge in [0.2, 0.25) is 0 Å². The Bertz CT molecular complexity index is 331. The van der Waals surface area contributed by atoms with Gasteiger partial charge in [0.15, 0.2) is 0 Å². The van der Waals surface area contributed by atoms with E-state index < -0.39 is 0 Å². The van der Waals surface area contributed by atoms with Gasteiger partial charge in [0.1, 0.15) is 5.82 Å². The Morgan fingerprint density at radius 3 is 2.76 bits per heavy atom. The molecule has 94 valence electrons. The number of hydrogen-bond acceptors (Lipinski definition) is 2. The second kappa shape index (κ2) is 6.12. The summed E-state index contributed by atoms with van der Waals surface area (Å²) in [5.41, 5.74) is 1.24. The number of rotatable bonds is 4. The molecule has 2 nitrogen and oxygen atoms in total. The van der Waals surface area contributed by atoms with E-state index in [-0.39, 0.29) is 5.82 Å². The molecule has 1 aliphatic heterocycles. The lowest BCUT2D eigenvalue weighted by molar-refractivity contribution is 0.317. The molecular formula is C14H21FN2. The Labute approximate surface area is 103 Å². The molecule has 3 heteroatoms. The first-order valence-corrected chi connectivity index (χ1v) is 6.42. The molecule has 1 fully saturated rings. The molecule has 2 atom stereocenters. The zero-order valence-corrected chi connectivity index (χ0v) is 10.4. The van der Waals surface area contributed by atoms with Gasteiger partial charge in [0.25, 0.3) is 0 Å². The van der Waals surface area contributed by atoms with Crippen molar-refractivity contribution in [2.75, 3.05) is 26.7 Å². The monoisotopic (exact) mass is 236 g/mol. The summed E-state index contributed by atoms with van der Waals surface area (Å²) < 4.78 is 13.0. The van der Waals surface area contributed by atoms with Gasteiger partial charge in [-0.05, 0) is 56.6 Å². The van der Waals surface area contributed by atoms with Crippen LogP contribution in [0.25, 0.3) is 0 Å². The molecule has 1 aromatic carbocycles. The van der Waals surface area contributed by atoms with E-state index in [0.717, 1.165) is 19.6 Å². The van der Waals surface area contributed by atoms with Crippen molar-refractivity contribution in [1.82, 2.24) is 10.6 Å². The van der Waals surface area contributed by atoms with Crippen molar-refractivity contribution >= 4 is 0 Å². The van der Waals surface area contributed by atoms with Gasteiger partial charge in [-0.1, -0.05) is 12.1 Å². The first kappa shape index (κ1) is 12.5. The largest absolute Gasteiger partial charge is 0.319 e. The number of likely N-dealkylation sites (N-methyl/N-ethyl adjacent to an activating group) is 1. The van der Waals surface area contributed by atoms with Crippen LogP contribution in [0.15, 0.2) is 24.3 Å². The molecular weight excluding hydrogens is 215 g/mol. The van der Waals surface area contributed by atoms with Crippen LogP contribution in [0.3, 0.4) is 0 Å². The van der Waals surface area contributed by atoms with Crippen molar-refractivity contribution in [2.24, 2.45) is 5.92 Å². The fraction of sp³-hybridized carbons (Fsp3) is 0.571. The third-order valence-corrected chi connectivity index (χ3v) is 3.63. The zero-order valence-electron chi connectivity index (χ0n) is 10.4. The Hall–Kier alpha value is -0.930. The van der Waals surface area contributed by atoms with Crippen LogP contribution in [0.4, 0.5) is 4.39 Å². The highest BCUT2D eigenvalue weighted by Gasteiger charge is 2.24. The van der Waals surface area contributed by atoms with Crippen LogP contribution in [0.5, 0.6) is 0 Å². The lowest BCUT2D eigenvalue weighted by atomic mass is 9.81. The van der Waals surface area contributed by atoms with Crippen molar-refractivity contribution in [1.29, 1.82) is 0 Å². The molecule has 2 N–H and O–H groups in total. The van der Waals surface area contributed by atoms with E-state index in [1.54, 1.807) is 12.1 Å².